The van der Waals surface area contributed by atoms with Crippen LogP contribution in [0.1, 0.15) is 25.7 Å². The molecule has 0 radical (unpaired) electrons. The van der Waals surface area contributed by atoms with E-state index in [1.165, 1.54) is 4.57 Å². The number of H-pyrrole nitrogens is 1. The van der Waals surface area contributed by atoms with Gasteiger partial charge in [-0.3, -0.25) is 14.2 Å². The Hall–Kier alpha value is -2.57. The maximum absolute atomic E-state index is 12.6. The highest BCUT2D eigenvalue weighted by atomic mass is 16.4. The number of nitrogens with one attached hydrogen (secondary N) is 1. The maximum Gasteiger partial charge on any atom is 0.326 e. The van der Waals surface area contributed by atoms with E-state index in [1.807, 2.05) is 18.2 Å². The van der Waals surface area contributed by atoms with Gasteiger partial charge in [-0.15, -0.1) is 0 Å². The van der Waals surface area contributed by atoms with E-state index in [1.54, 1.807) is 11.0 Å². The molecule has 1 amide bonds. The second-order valence-electron chi connectivity index (χ2n) is 6.31. The summed E-state index contributed by atoms with van der Waals surface area (Å²) in [5, 5.41) is 8.80. The van der Waals surface area contributed by atoms with E-state index < -0.39 is 5.97 Å². The molecule has 7 nitrogen and oxygen atoms in total. The Morgan fingerprint density at radius 1 is 1.29 bits per heavy atom. The number of amides is 1. The van der Waals surface area contributed by atoms with Gasteiger partial charge in [-0.2, -0.15) is 0 Å². The van der Waals surface area contributed by atoms with E-state index in [2.05, 4.69) is 4.98 Å². The molecule has 2 N–H and O–H groups in total. The molecule has 0 saturated carbocycles. The topological polar surface area (TPSA) is 95.4 Å². The van der Waals surface area contributed by atoms with Crippen molar-refractivity contribution in [1.82, 2.24) is 14.5 Å². The highest BCUT2D eigenvalue weighted by molar-refractivity contribution is 5.80. The summed E-state index contributed by atoms with van der Waals surface area (Å²) in [6.45, 7) is 1.25. The number of fused-ring (bicyclic) bond motifs is 1. The number of hydrogen-bond acceptors (Lipinski definition) is 3. The predicted molar refractivity (Wildman–Crippen MR) is 88.7 cm³/mol. The van der Waals surface area contributed by atoms with E-state index in [9.17, 15) is 14.4 Å². The average molecular weight is 331 g/mol. The first-order chi connectivity index (χ1) is 11.5. The summed E-state index contributed by atoms with van der Waals surface area (Å²) in [6, 6.07) is 7.29. The van der Waals surface area contributed by atoms with E-state index in [0.717, 1.165) is 18.4 Å². The van der Waals surface area contributed by atoms with E-state index in [4.69, 9.17) is 5.11 Å². The molecule has 1 aliphatic heterocycles. The quantitative estimate of drug-likeness (QED) is 0.866. The first-order valence-corrected chi connectivity index (χ1v) is 8.21. The number of aliphatic carboxylic acids is 1. The van der Waals surface area contributed by atoms with Gasteiger partial charge in [0.1, 0.15) is 6.54 Å². The number of hydrogen-bond donors (Lipinski definition) is 2. The van der Waals surface area contributed by atoms with Gasteiger partial charge in [-0.25, -0.2) is 4.79 Å². The summed E-state index contributed by atoms with van der Waals surface area (Å²) in [5.41, 5.74) is 1.15. The summed E-state index contributed by atoms with van der Waals surface area (Å²) in [7, 11) is 0. The molecule has 1 saturated heterocycles. The number of aromatic nitrogens is 2. The average Bonchev–Trinajstić information content (AvgIpc) is 2.89. The molecular weight excluding hydrogens is 310 g/mol. The molecule has 1 unspecified atom stereocenters. The number of carbonyl (C=O) groups excluding carboxylic acids is 1. The molecular formula is C17H21N3O4. The second kappa shape index (κ2) is 6.90. The number of carboxylic acid groups (broad SMARTS) is 1. The molecule has 128 valence electrons. The predicted octanol–water partition coefficient (Wildman–Crippen LogP) is 1.43. The van der Waals surface area contributed by atoms with Gasteiger partial charge >= 0.3 is 11.7 Å². The van der Waals surface area contributed by atoms with Crippen molar-refractivity contribution in [3.63, 3.8) is 0 Å². The van der Waals surface area contributed by atoms with Crippen LogP contribution in [0, 0.1) is 5.92 Å². The van der Waals surface area contributed by atoms with Gasteiger partial charge in [0.05, 0.1) is 11.0 Å². The van der Waals surface area contributed by atoms with Crippen LogP contribution in [0.3, 0.4) is 0 Å². The summed E-state index contributed by atoms with van der Waals surface area (Å²) < 4.78 is 1.46. The SMILES string of the molecule is O=C(O)CCC1CCCN(C(=O)Cn2c(=O)[nH]c3ccccc32)C1. The smallest absolute Gasteiger partial charge is 0.326 e. The minimum atomic E-state index is -0.802. The van der Waals surface area contributed by atoms with Crippen LogP contribution in [0.15, 0.2) is 29.1 Å². The number of piperidine rings is 1. The molecule has 0 spiro atoms. The lowest BCUT2D eigenvalue weighted by atomic mass is 9.93. The standard InChI is InChI=1S/C17H21N3O4/c21-15(19-9-3-4-12(10-19)7-8-16(22)23)11-20-14-6-2-1-5-13(14)18-17(20)24/h1-2,5-6,12H,3-4,7-11H2,(H,18,24)(H,22,23). The Morgan fingerprint density at radius 3 is 2.88 bits per heavy atom. The molecule has 1 fully saturated rings. The number of imidazole rings is 1. The number of nitrogens with zero attached hydrogens (tertiary/aromatic N) is 2. The molecule has 1 atom stereocenters. The molecule has 0 aliphatic carbocycles. The number of rotatable bonds is 5. The molecule has 7 heteroatoms. The first kappa shape index (κ1) is 16.3. The lowest BCUT2D eigenvalue weighted by molar-refractivity contribution is -0.137. The number of para-hydroxylation sites is 2. The van der Waals surface area contributed by atoms with Crippen LogP contribution < -0.4 is 5.69 Å². The van der Waals surface area contributed by atoms with Crippen molar-refractivity contribution in [2.24, 2.45) is 5.92 Å². The highest BCUT2D eigenvalue weighted by Crippen LogP contribution is 2.21. The Morgan fingerprint density at radius 2 is 2.08 bits per heavy atom. The van der Waals surface area contributed by atoms with E-state index >= 15 is 0 Å². The van der Waals surface area contributed by atoms with Gasteiger partial charge in [-0.1, -0.05) is 12.1 Å². The van der Waals surface area contributed by atoms with Crippen molar-refractivity contribution in [1.29, 1.82) is 0 Å². The van der Waals surface area contributed by atoms with Gasteiger partial charge in [-0.05, 0) is 37.3 Å². The van der Waals surface area contributed by atoms with Gasteiger partial charge in [0.15, 0.2) is 0 Å². The second-order valence-corrected chi connectivity index (χ2v) is 6.31. The molecule has 24 heavy (non-hydrogen) atoms. The minimum Gasteiger partial charge on any atom is -0.481 e. The fraction of sp³-hybridized carbons (Fsp3) is 0.471. The van der Waals surface area contributed by atoms with Crippen molar-refractivity contribution in [2.45, 2.75) is 32.2 Å². The summed E-state index contributed by atoms with van der Waals surface area (Å²) in [4.78, 5) is 39.9. The van der Waals surface area contributed by atoms with Crippen molar-refractivity contribution >= 4 is 22.9 Å². The van der Waals surface area contributed by atoms with Crippen LogP contribution in [0.2, 0.25) is 0 Å². The fourth-order valence-corrected chi connectivity index (χ4v) is 3.35. The first-order valence-electron chi connectivity index (χ1n) is 8.21. The maximum atomic E-state index is 12.6. The van der Waals surface area contributed by atoms with E-state index in [0.29, 0.717) is 25.0 Å². The van der Waals surface area contributed by atoms with E-state index in [-0.39, 0.29) is 30.5 Å². The van der Waals surface area contributed by atoms with Crippen LogP contribution in [-0.4, -0.2) is 44.5 Å². The molecule has 1 aromatic carbocycles. The summed E-state index contributed by atoms with van der Waals surface area (Å²) in [5.74, 6) is -0.677. The van der Waals surface area contributed by atoms with Crippen molar-refractivity contribution in [2.75, 3.05) is 13.1 Å². The third-order valence-electron chi connectivity index (χ3n) is 4.61. The van der Waals surface area contributed by atoms with Gasteiger partial charge in [0.25, 0.3) is 0 Å². The number of carbonyl (C=O) groups is 2. The molecule has 1 aromatic heterocycles. The number of likely N-dealkylation sites (tertiary alicyclic amines) is 1. The normalized spacial score (nSPS) is 18.0. The zero-order valence-electron chi connectivity index (χ0n) is 13.4. The molecule has 1 aliphatic rings. The third kappa shape index (κ3) is 3.50. The molecule has 2 heterocycles. The van der Waals surface area contributed by atoms with Crippen LogP contribution in [0.25, 0.3) is 11.0 Å². The van der Waals surface area contributed by atoms with Gasteiger partial charge in [0.2, 0.25) is 5.91 Å². The Labute approximate surface area is 138 Å². The lowest BCUT2D eigenvalue weighted by Crippen LogP contribution is -2.42. The summed E-state index contributed by atoms with van der Waals surface area (Å²) in [6.07, 6.45) is 2.55. The van der Waals surface area contributed by atoms with Crippen LogP contribution in [0.4, 0.5) is 0 Å². The molecule has 0 bridgehead atoms. The number of aromatic amines is 1. The zero-order valence-corrected chi connectivity index (χ0v) is 13.4. The lowest BCUT2D eigenvalue weighted by Gasteiger charge is -2.32. The van der Waals surface area contributed by atoms with Crippen LogP contribution >= 0.6 is 0 Å². The Kier molecular flexibility index (Phi) is 4.69. The molecule has 2 aromatic rings. The Balaban J connectivity index is 1.69. The van der Waals surface area contributed by atoms with Crippen LogP contribution in [0.5, 0.6) is 0 Å². The fourth-order valence-electron chi connectivity index (χ4n) is 3.35. The third-order valence-corrected chi connectivity index (χ3v) is 4.61. The monoisotopic (exact) mass is 331 g/mol. The Bertz CT molecular complexity index is 808. The minimum absolute atomic E-state index is 0.00843. The van der Waals surface area contributed by atoms with Crippen molar-refractivity contribution < 1.29 is 14.7 Å². The van der Waals surface area contributed by atoms with Gasteiger partial charge in [0, 0.05) is 19.5 Å². The highest BCUT2D eigenvalue weighted by Gasteiger charge is 2.24. The van der Waals surface area contributed by atoms with Crippen LogP contribution in [-0.2, 0) is 16.1 Å². The molecule has 3 rings (SSSR count). The van der Waals surface area contributed by atoms with Crippen molar-refractivity contribution in [3.05, 3.63) is 34.7 Å². The largest absolute Gasteiger partial charge is 0.481 e. The number of carboxylic acids is 1. The zero-order chi connectivity index (χ0) is 17.1. The summed E-state index contributed by atoms with van der Waals surface area (Å²) >= 11 is 0. The van der Waals surface area contributed by atoms with Crippen molar-refractivity contribution in [3.8, 4) is 0 Å². The number of benzene rings is 1. The van der Waals surface area contributed by atoms with Gasteiger partial charge < -0.3 is 15.0 Å².